The first kappa shape index (κ1) is 13.3. The van der Waals surface area contributed by atoms with Crippen LogP contribution in [0.2, 0.25) is 0 Å². The number of hydrogen-bond acceptors (Lipinski definition) is 0. The van der Waals surface area contributed by atoms with E-state index in [1.807, 2.05) is 0 Å². The topological polar surface area (TPSA) is 3.88 Å². The Kier molecular flexibility index (Phi) is 2.70. The Balaban J connectivity index is 1.85. The Morgan fingerprint density at radius 2 is 1.78 bits per heavy atom. The summed E-state index contributed by atoms with van der Waals surface area (Å²) in [7, 11) is 2.17. The van der Waals surface area contributed by atoms with E-state index in [2.05, 4.69) is 67.2 Å². The predicted octanol–water partition coefficient (Wildman–Crippen LogP) is 4.69. The molecule has 0 amide bonds. The molecule has 1 heteroatoms. The minimum absolute atomic E-state index is 0.810. The molecule has 6 rings (SSSR count). The maximum absolute atomic E-state index is 2.40. The van der Waals surface area contributed by atoms with Gasteiger partial charge >= 0.3 is 0 Å². The molecule has 0 saturated heterocycles. The molecule has 1 nitrogen and oxygen atoms in total. The summed E-state index contributed by atoms with van der Waals surface area (Å²) in [5, 5.41) is 2.90. The molecule has 0 unspecified atom stereocenters. The normalized spacial score (nSPS) is 21.8. The zero-order valence-corrected chi connectivity index (χ0v) is 13.8. The first-order valence-corrected chi connectivity index (χ1v) is 8.72. The second-order valence-corrected chi connectivity index (χ2v) is 7.43. The Hall–Kier alpha value is -2.15. The van der Waals surface area contributed by atoms with Gasteiger partial charge in [0, 0.05) is 11.6 Å². The average molecular weight is 300 g/mol. The summed E-state index contributed by atoms with van der Waals surface area (Å²) in [4.78, 5) is 0. The molecule has 3 aliphatic rings. The van der Waals surface area contributed by atoms with E-state index in [4.69, 9.17) is 0 Å². The van der Waals surface area contributed by atoms with Crippen molar-refractivity contribution in [2.75, 3.05) is 0 Å². The third-order valence-electron chi connectivity index (χ3n) is 6.00. The van der Waals surface area contributed by atoms with Gasteiger partial charge in [0.1, 0.15) is 7.05 Å². The predicted molar refractivity (Wildman–Crippen MR) is 94.5 cm³/mol. The van der Waals surface area contributed by atoms with Crippen molar-refractivity contribution < 1.29 is 4.57 Å². The van der Waals surface area contributed by atoms with Crippen molar-refractivity contribution in [3.8, 4) is 11.3 Å². The lowest BCUT2D eigenvalue weighted by molar-refractivity contribution is -0.659. The molecule has 0 aliphatic heterocycles. The van der Waals surface area contributed by atoms with Crippen LogP contribution in [0.4, 0.5) is 0 Å². The molecule has 1 saturated carbocycles. The van der Waals surface area contributed by atoms with Gasteiger partial charge in [0.05, 0.1) is 5.39 Å². The van der Waals surface area contributed by atoms with Crippen LogP contribution < -0.4 is 4.57 Å². The van der Waals surface area contributed by atoms with Gasteiger partial charge in [-0.1, -0.05) is 24.3 Å². The lowest BCUT2D eigenvalue weighted by Crippen LogP contribution is -2.33. The fourth-order valence-electron chi connectivity index (χ4n) is 4.80. The molecule has 1 fully saturated rings. The zero-order valence-electron chi connectivity index (χ0n) is 13.8. The number of aryl methyl sites for hydroxylation is 2. The molecule has 23 heavy (non-hydrogen) atoms. The molecule has 0 atom stereocenters. The molecule has 2 aromatic carbocycles. The van der Waals surface area contributed by atoms with Gasteiger partial charge in [-0.25, -0.2) is 4.57 Å². The van der Waals surface area contributed by atoms with Crippen LogP contribution in [0.3, 0.4) is 0 Å². The molecule has 1 aromatic heterocycles. The Morgan fingerprint density at radius 1 is 0.957 bits per heavy atom. The average Bonchev–Trinajstić information content (AvgIpc) is 2.54. The maximum atomic E-state index is 2.40. The van der Waals surface area contributed by atoms with Gasteiger partial charge in [-0.2, -0.15) is 0 Å². The van der Waals surface area contributed by atoms with Gasteiger partial charge in [0.2, 0.25) is 5.69 Å². The molecule has 3 aliphatic carbocycles. The highest BCUT2D eigenvalue weighted by molar-refractivity contribution is 5.96. The van der Waals surface area contributed by atoms with Crippen molar-refractivity contribution >= 4 is 10.8 Å². The Labute approximate surface area is 137 Å². The van der Waals surface area contributed by atoms with Crippen molar-refractivity contribution in [3.63, 3.8) is 0 Å². The van der Waals surface area contributed by atoms with Gasteiger partial charge < -0.3 is 0 Å². The summed E-state index contributed by atoms with van der Waals surface area (Å²) >= 11 is 0. The van der Waals surface area contributed by atoms with E-state index in [9.17, 15) is 0 Å². The largest absolute Gasteiger partial charge is 0.220 e. The van der Waals surface area contributed by atoms with E-state index in [1.54, 1.807) is 11.1 Å². The number of hydrogen-bond donors (Lipinski definition) is 0. The van der Waals surface area contributed by atoms with Crippen LogP contribution in [0.15, 0.2) is 48.7 Å². The van der Waals surface area contributed by atoms with E-state index < -0.39 is 0 Å². The molecule has 3 aromatic rings. The van der Waals surface area contributed by atoms with Gasteiger partial charge in [0.25, 0.3) is 0 Å². The van der Waals surface area contributed by atoms with Crippen molar-refractivity contribution in [3.05, 3.63) is 65.4 Å². The van der Waals surface area contributed by atoms with Gasteiger partial charge in [-0.05, 0) is 72.2 Å². The number of pyridine rings is 1. The molecule has 2 bridgehead atoms. The third-order valence-corrected chi connectivity index (χ3v) is 6.00. The SMILES string of the molecule is Cc1ccccc1-c1c2ccc3c(c2cc[n+]1C)C1CC(C3)C1. The van der Waals surface area contributed by atoms with E-state index in [0.29, 0.717) is 0 Å². The maximum Gasteiger partial charge on any atom is 0.220 e. The van der Waals surface area contributed by atoms with E-state index >= 15 is 0 Å². The lowest BCUT2D eigenvalue weighted by Gasteiger charge is -2.43. The zero-order chi connectivity index (χ0) is 15.6. The van der Waals surface area contributed by atoms with Crippen LogP contribution in [-0.2, 0) is 13.5 Å². The molecule has 114 valence electrons. The molecular weight excluding hydrogens is 278 g/mol. The van der Waals surface area contributed by atoms with Crippen molar-refractivity contribution in [2.45, 2.75) is 32.1 Å². The minimum Gasteiger partial charge on any atom is -0.200 e. The number of fused-ring (bicyclic) bond motifs is 1. The highest BCUT2D eigenvalue weighted by atomic mass is 14.9. The third kappa shape index (κ3) is 1.83. The van der Waals surface area contributed by atoms with Crippen LogP contribution in [0.5, 0.6) is 0 Å². The highest BCUT2D eigenvalue weighted by Gasteiger charge is 2.38. The quantitative estimate of drug-likeness (QED) is 0.574. The first-order chi connectivity index (χ1) is 11.2. The molecule has 0 N–H and O–H groups in total. The summed E-state index contributed by atoms with van der Waals surface area (Å²) in [6.07, 6.45) is 6.36. The van der Waals surface area contributed by atoms with Crippen LogP contribution in [0.1, 0.15) is 35.4 Å². The fraction of sp³-hybridized carbons (Fsp3) is 0.318. The lowest BCUT2D eigenvalue weighted by atomic mass is 9.61. The van der Waals surface area contributed by atoms with Gasteiger partial charge in [-0.3, -0.25) is 0 Å². The van der Waals surface area contributed by atoms with Crippen LogP contribution >= 0.6 is 0 Å². The van der Waals surface area contributed by atoms with E-state index in [0.717, 1.165) is 11.8 Å². The summed E-state index contributed by atoms with van der Waals surface area (Å²) in [6.45, 7) is 2.21. The van der Waals surface area contributed by atoms with Crippen LogP contribution in [0.25, 0.3) is 22.0 Å². The number of nitrogens with zero attached hydrogens (tertiary/aromatic N) is 1. The van der Waals surface area contributed by atoms with Crippen LogP contribution in [0, 0.1) is 12.8 Å². The van der Waals surface area contributed by atoms with Gasteiger partial charge in [0.15, 0.2) is 6.20 Å². The first-order valence-electron chi connectivity index (χ1n) is 8.72. The summed E-state index contributed by atoms with van der Waals surface area (Å²) in [5.74, 6) is 1.77. The van der Waals surface area contributed by atoms with Crippen molar-refractivity contribution in [1.82, 2.24) is 0 Å². The van der Waals surface area contributed by atoms with Gasteiger partial charge in [-0.15, -0.1) is 0 Å². The standard InChI is InChI=1S/C22H22N/c1-14-5-3-4-6-18(14)22-20-8-7-16-11-15-12-17(13-15)21(16)19(20)9-10-23(22)2/h3-10,15,17H,11-13H2,1-2H3/q+1. The smallest absolute Gasteiger partial charge is 0.200 e. The second-order valence-electron chi connectivity index (χ2n) is 7.43. The fourth-order valence-corrected chi connectivity index (χ4v) is 4.80. The summed E-state index contributed by atoms with van der Waals surface area (Å²) < 4.78 is 2.28. The highest BCUT2D eigenvalue weighted by Crippen LogP contribution is 2.52. The number of benzene rings is 2. The van der Waals surface area contributed by atoms with Crippen LogP contribution in [-0.4, -0.2) is 0 Å². The molecular formula is C22H22N+. The molecule has 0 spiro atoms. The number of aromatic nitrogens is 1. The van der Waals surface area contributed by atoms with E-state index in [-0.39, 0.29) is 0 Å². The van der Waals surface area contributed by atoms with Crippen molar-refractivity contribution in [2.24, 2.45) is 13.0 Å². The number of rotatable bonds is 1. The second kappa shape index (κ2) is 4.67. The summed E-state index contributed by atoms with van der Waals surface area (Å²) in [5.41, 5.74) is 7.31. The van der Waals surface area contributed by atoms with Crippen molar-refractivity contribution in [1.29, 1.82) is 0 Å². The summed E-state index contributed by atoms with van der Waals surface area (Å²) in [6, 6.07) is 15.8. The Bertz CT molecular complexity index is 932. The van der Waals surface area contributed by atoms with E-state index in [1.165, 1.54) is 46.9 Å². The minimum atomic E-state index is 0.810. The molecule has 1 heterocycles. The Morgan fingerprint density at radius 3 is 2.61 bits per heavy atom. The molecule has 0 radical (unpaired) electrons. The monoisotopic (exact) mass is 300 g/mol.